The number of likely N-dealkylation sites (tertiary alicyclic amines) is 2. The van der Waals surface area contributed by atoms with E-state index in [-0.39, 0.29) is 29.3 Å². The lowest BCUT2D eigenvalue weighted by Gasteiger charge is -2.33. The number of amides is 1. The van der Waals surface area contributed by atoms with E-state index in [2.05, 4.69) is 25.4 Å². The molecule has 1 amide bonds. The normalized spacial score (nSPS) is 16.8. The number of nitrogens with one attached hydrogen (secondary N) is 3. The van der Waals surface area contributed by atoms with Gasteiger partial charge in [-0.3, -0.25) is 19.9 Å². The van der Waals surface area contributed by atoms with E-state index in [1.807, 2.05) is 72.8 Å². The number of ether oxygens (including phenoxy) is 1. The molecule has 2 fully saturated rings. The summed E-state index contributed by atoms with van der Waals surface area (Å²) in [6.07, 6.45) is 1.61. The summed E-state index contributed by atoms with van der Waals surface area (Å²) in [7, 11) is 0. The first-order valence-corrected chi connectivity index (χ1v) is 18.4. The molecule has 2 aliphatic heterocycles. The van der Waals surface area contributed by atoms with Crippen molar-refractivity contribution in [2.45, 2.75) is 57.0 Å². The Bertz CT molecular complexity index is 2080. The highest BCUT2D eigenvalue weighted by Crippen LogP contribution is 2.30. The molecular weight excluding hydrogens is 673 g/mol. The molecule has 0 spiro atoms. The Morgan fingerprint density at radius 1 is 0.830 bits per heavy atom. The van der Waals surface area contributed by atoms with Crippen molar-refractivity contribution in [2.75, 3.05) is 38.0 Å². The first-order chi connectivity index (χ1) is 25.8. The Kier molecular flexibility index (Phi) is 11.5. The van der Waals surface area contributed by atoms with Crippen molar-refractivity contribution in [3.63, 3.8) is 0 Å². The van der Waals surface area contributed by atoms with E-state index in [1.165, 1.54) is 12.1 Å². The van der Waals surface area contributed by atoms with Gasteiger partial charge < -0.3 is 25.3 Å². The van der Waals surface area contributed by atoms with E-state index in [0.29, 0.717) is 78.8 Å². The van der Waals surface area contributed by atoms with E-state index < -0.39 is 12.2 Å². The van der Waals surface area contributed by atoms with Crippen LogP contribution in [0.15, 0.2) is 102 Å². The number of carbonyl (C=O) groups excluding carboxylic acids is 1. The number of halogens is 1. The maximum absolute atomic E-state index is 15.8. The highest BCUT2D eigenvalue weighted by atomic mass is 19.1. The molecule has 4 aromatic carbocycles. The number of benzene rings is 4. The number of piperidine rings is 2. The summed E-state index contributed by atoms with van der Waals surface area (Å²) in [5.41, 5.74) is 4.65. The van der Waals surface area contributed by atoms with E-state index in [1.54, 1.807) is 12.1 Å². The molecule has 53 heavy (non-hydrogen) atoms. The van der Waals surface area contributed by atoms with Crippen LogP contribution in [0.1, 0.15) is 48.5 Å². The minimum absolute atomic E-state index is 0.0358. The van der Waals surface area contributed by atoms with Gasteiger partial charge in [0.25, 0.3) is 0 Å². The molecule has 5 N–H and O–H groups in total. The van der Waals surface area contributed by atoms with Crippen LogP contribution < -0.4 is 16.2 Å². The Labute approximate surface area is 308 Å². The fraction of sp³-hybridized carbons (Fsp3) is 0.333. The number of nitrogens with zero attached hydrogens (tertiary/aromatic N) is 2. The number of anilines is 1. The molecule has 5 aromatic rings. The van der Waals surface area contributed by atoms with Gasteiger partial charge in [0.15, 0.2) is 0 Å². The number of hydrogen-bond acceptors (Lipinski definition) is 8. The topological polar surface area (TPSA) is 130 Å². The number of aromatic amines is 1. The van der Waals surface area contributed by atoms with Crippen molar-refractivity contribution in [1.29, 1.82) is 0 Å². The number of rotatable bonds is 11. The molecule has 10 nitrogen and oxygen atoms in total. The summed E-state index contributed by atoms with van der Waals surface area (Å²) in [4.78, 5) is 31.7. The van der Waals surface area contributed by atoms with E-state index in [9.17, 15) is 19.8 Å². The number of aromatic hydroxyl groups is 1. The summed E-state index contributed by atoms with van der Waals surface area (Å²) in [6.45, 7) is 4.40. The number of phenols is 1. The van der Waals surface area contributed by atoms with Crippen LogP contribution in [0.3, 0.4) is 0 Å². The summed E-state index contributed by atoms with van der Waals surface area (Å²) < 4.78 is 21.6. The van der Waals surface area contributed by atoms with Crippen molar-refractivity contribution in [3.05, 3.63) is 130 Å². The minimum atomic E-state index is -0.815. The summed E-state index contributed by atoms with van der Waals surface area (Å²) in [6, 6.07) is 29.6. The van der Waals surface area contributed by atoms with Crippen LogP contribution in [0.4, 0.5) is 14.9 Å². The molecule has 1 unspecified atom stereocenters. The molecule has 3 heterocycles. The van der Waals surface area contributed by atoms with Gasteiger partial charge in [-0.1, -0.05) is 72.8 Å². The second kappa shape index (κ2) is 16.7. The SMILES string of the molecule is O=C(Nc1ccccc1-c1ccccc1)OC1CCN(Cc2cccc(CN3CCC(NCC(O)c4ccc(O)c5[nH]c(=O)ccc45)CC3)c2F)CC1. The molecule has 1 aromatic heterocycles. The molecule has 0 bridgehead atoms. The average molecular weight is 720 g/mol. The van der Waals surface area contributed by atoms with Gasteiger partial charge in [0.05, 0.1) is 17.3 Å². The Morgan fingerprint density at radius 2 is 1.49 bits per heavy atom. The second-order valence-electron chi connectivity index (χ2n) is 14.1. The van der Waals surface area contributed by atoms with Gasteiger partial charge in [-0.15, -0.1) is 0 Å². The number of aliphatic hydroxyl groups is 1. The summed E-state index contributed by atoms with van der Waals surface area (Å²) in [5, 5.41) is 28.1. The number of para-hydroxylation sites is 1. The number of pyridine rings is 1. The van der Waals surface area contributed by atoms with E-state index >= 15 is 4.39 Å². The summed E-state index contributed by atoms with van der Waals surface area (Å²) >= 11 is 0. The predicted molar refractivity (Wildman–Crippen MR) is 204 cm³/mol. The average Bonchev–Trinajstić information content (AvgIpc) is 3.17. The highest BCUT2D eigenvalue weighted by molar-refractivity contribution is 5.91. The molecule has 1 atom stereocenters. The molecule has 276 valence electrons. The van der Waals surface area contributed by atoms with Crippen LogP contribution in [0.25, 0.3) is 22.0 Å². The number of H-pyrrole nitrogens is 1. The molecule has 2 saturated heterocycles. The Morgan fingerprint density at radius 3 is 2.21 bits per heavy atom. The lowest BCUT2D eigenvalue weighted by molar-refractivity contribution is 0.0564. The molecular formula is C42H46FN5O5. The molecule has 7 rings (SSSR count). The third kappa shape index (κ3) is 8.94. The van der Waals surface area contributed by atoms with E-state index in [4.69, 9.17) is 4.74 Å². The number of aliphatic hydroxyl groups excluding tert-OH is 1. The third-order valence-electron chi connectivity index (χ3n) is 10.5. The van der Waals surface area contributed by atoms with Crippen molar-refractivity contribution in [2.24, 2.45) is 0 Å². The lowest BCUT2D eigenvalue weighted by atomic mass is 10.0. The van der Waals surface area contributed by atoms with E-state index in [0.717, 1.165) is 37.1 Å². The Hall–Kier alpha value is -5.07. The van der Waals surface area contributed by atoms with Gasteiger partial charge in [-0.25, -0.2) is 9.18 Å². The first kappa shape index (κ1) is 36.3. The number of phenolic OH excluding ortho intramolecular Hbond substituents is 1. The lowest BCUT2D eigenvalue weighted by Crippen LogP contribution is -2.43. The molecule has 11 heteroatoms. The molecule has 0 saturated carbocycles. The standard InChI is InChI=1S/C42H46FN5O5/c43-40-29(26-47-21-17-31(18-22-47)44-25-38(50)34-13-15-37(49)41-35(34)14-16-39(51)46-41)9-6-10-30(40)27-48-23-19-32(20-24-48)53-42(52)45-36-12-5-4-11-33(36)28-7-2-1-3-8-28/h1-16,31-32,38,44,49-50H,17-27H2,(H,45,52)(H,46,51). The van der Waals surface area contributed by atoms with Gasteiger partial charge in [0, 0.05) is 66.9 Å². The first-order valence-electron chi connectivity index (χ1n) is 18.4. The van der Waals surface area contributed by atoms with Crippen LogP contribution >= 0.6 is 0 Å². The largest absolute Gasteiger partial charge is 0.506 e. The number of fused-ring (bicyclic) bond motifs is 1. The van der Waals surface area contributed by atoms with Gasteiger partial charge >= 0.3 is 6.09 Å². The van der Waals surface area contributed by atoms with Crippen LogP contribution in [-0.4, -0.2) is 76.0 Å². The third-order valence-corrected chi connectivity index (χ3v) is 10.5. The van der Waals surface area contributed by atoms with Gasteiger partial charge in [-0.2, -0.15) is 0 Å². The van der Waals surface area contributed by atoms with Gasteiger partial charge in [0.2, 0.25) is 5.56 Å². The summed E-state index contributed by atoms with van der Waals surface area (Å²) in [5.74, 6) is -0.195. The van der Waals surface area contributed by atoms with Crippen molar-refractivity contribution < 1.29 is 24.1 Å². The zero-order valence-electron chi connectivity index (χ0n) is 29.6. The predicted octanol–water partition coefficient (Wildman–Crippen LogP) is 6.54. The van der Waals surface area contributed by atoms with Crippen molar-refractivity contribution in [3.8, 4) is 16.9 Å². The monoisotopic (exact) mass is 719 g/mol. The molecule has 0 aliphatic carbocycles. The maximum Gasteiger partial charge on any atom is 0.411 e. The van der Waals surface area contributed by atoms with Crippen LogP contribution in [0.5, 0.6) is 5.75 Å². The smallest absolute Gasteiger partial charge is 0.411 e. The van der Waals surface area contributed by atoms with Gasteiger partial charge in [0.1, 0.15) is 17.7 Å². The van der Waals surface area contributed by atoms with Crippen molar-refractivity contribution >= 4 is 22.7 Å². The number of carbonyl (C=O) groups is 1. The minimum Gasteiger partial charge on any atom is -0.506 e. The maximum atomic E-state index is 15.8. The van der Waals surface area contributed by atoms with Crippen LogP contribution in [-0.2, 0) is 17.8 Å². The fourth-order valence-corrected chi connectivity index (χ4v) is 7.53. The van der Waals surface area contributed by atoms with Crippen molar-refractivity contribution in [1.82, 2.24) is 20.1 Å². The highest BCUT2D eigenvalue weighted by Gasteiger charge is 2.25. The fourth-order valence-electron chi connectivity index (χ4n) is 7.53. The quantitative estimate of drug-likeness (QED) is 0.104. The zero-order valence-corrected chi connectivity index (χ0v) is 29.6. The molecule has 0 radical (unpaired) electrons. The number of hydrogen-bond donors (Lipinski definition) is 5. The Balaban J connectivity index is 0.850. The van der Waals surface area contributed by atoms with Gasteiger partial charge in [-0.05, 0) is 68.1 Å². The molecule has 2 aliphatic rings. The van der Waals surface area contributed by atoms with Crippen LogP contribution in [0, 0.1) is 5.82 Å². The zero-order chi connectivity index (χ0) is 36.7. The number of aromatic nitrogens is 1. The van der Waals surface area contributed by atoms with Crippen LogP contribution in [0.2, 0.25) is 0 Å². The second-order valence-corrected chi connectivity index (χ2v) is 14.1.